The van der Waals surface area contributed by atoms with Gasteiger partial charge >= 0.3 is 0 Å². The topological polar surface area (TPSA) is 0 Å². The molecule has 4 rings (SSSR count). The summed E-state index contributed by atoms with van der Waals surface area (Å²) < 4.78 is 0. The van der Waals surface area contributed by atoms with Crippen molar-refractivity contribution in [2.45, 2.75) is 89.4 Å². The highest BCUT2D eigenvalue weighted by molar-refractivity contribution is 7.67. The molecule has 0 heterocycles. The lowest BCUT2D eigenvalue weighted by atomic mass is 9.98. The van der Waals surface area contributed by atoms with Gasteiger partial charge in [0.25, 0.3) is 0 Å². The van der Waals surface area contributed by atoms with E-state index in [0.29, 0.717) is 0 Å². The Morgan fingerprint density at radius 1 is 0.630 bits per heavy atom. The Labute approximate surface area is 167 Å². The molecule has 2 aromatic carbocycles. The third-order valence-electron chi connectivity index (χ3n) is 6.84. The van der Waals surface area contributed by atoms with Gasteiger partial charge in [0.15, 0.2) is 0 Å². The van der Waals surface area contributed by atoms with Crippen molar-refractivity contribution in [3.63, 3.8) is 0 Å². The minimum atomic E-state index is -0.0735. The van der Waals surface area contributed by atoms with Gasteiger partial charge in [-0.3, -0.25) is 0 Å². The molecule has 0 aliphatic heterocycles. The molecule has 27 heavy (non-hydrogen) atoms. The van der Waals surface area contributed by atoms with Gasteiger partial charge in [-0.1, -0.05) is 88.9 Å². The van der Waals surface area contributed by atoms with E-state index >= 15 is 0 Å². The summed E-state index contributed by atoms with van der Waals surface area (Å²) >= 11 is 0. The second kappa shape index (κ2) is 8.91. The van der Waals surface area contributed by atoms with E-state index in [1.807, 2.05) is 0 Å². The van der Waals surface area contributed by atoms with Crippen LogP contribution in [0.3, 0.4) is 0 Å². The van der Waals surface area contributed by atoms with E-state index in [1.165, 1.54) is 75.3 Å². The Balaban J connectivity index is 1.84. The second-order valence-corrected chi connectivity index (χ2v) is 11.5. The van der Waals surface area contributed by atoms with Gasteiger partial charge in [0.05, 0.1) is 0 Å². The van der Waals surface area contributed by atoms with Gasteiger partial charge in [0.2, 0.25) is 0 Å². The van der Waals surface area contributed by atoms with Crippen molar-refractivity contribution in [3.05, 3.63) is 53.6 Å². The fourth-order valence-electron chi connectivity index (χ4n) is 5.48. The van der Waals surface area contributed by atoms with Crippen molar-refractivity contribution in [1.29, 1.82) is 0 Å². The Kier molecular flexibility index (Phi) is 6.34. The molecule has 2 saturated carbocycles. The lowest BCUT2D eigenvalue weighted by Crippen LogP contribution is -2.28. The molecule has 2 aliphatic rings. The first-order chi connectivity index (χ1) is 13.3. The highest BCUT2D eigenvalue weighted by Crippen LogP contribution is 2.57. The Morgan fingerprint density at radius 2 is 1.15 bits per heavy atom. The highest BCUT2D eigenvalue weighted by atomic mass is 31.1. The first kappa shape index (κ1) is 19.2. The molecule has 1 heteroatoms. The number of hydrogen-bond donors (Lipinski definition) is 0. The summed E-state index contributed by atoms with van der Waals surface area (Å²) in [6, 6.07) is 16.0. The molecular formula is C26H35P. The number of benzene rings is 2. The molecule has 0 unspecified atom stereocenters. The predicted octanol–water partition coefficient (Wildman–Crippen LogP) is 7.74. The molecule has 2 aliphatic carbocycles. The van der Waals surface area contributed by atoms with Gasteiger partial charge in [-0.05, 0) is 78.4 Å². The predicted molar refractivity (Wildman–Crippen MR) is 122 cm³/mol. The zero-order valence-corrected chi connectivity index (χ0v) is 18.1. The lowest BCUT2D eigenvalue weighted by Gasteiger charge is -2.40. The van der Waals surface area contributed by atoms with E-state index < -0.39 is 0 Å². The van der Waals surface area contributed by atoms with E-state index in [0.717, 1.165) is 11.3 Å². The van der Waals surface area contributed by atoms with Crippen molar-refractivity contribution < 1.29 is 0 Å². The molecular weight excluding hydrogens is 343 g/mol. The van der Waals surface area contributed by atoms with Crippen molar-refractivity contribution >= 4 is 13.2 Å². The maximum atomic E-state index is 2.41. The lowest BCUT2D eigenvalue weighted by molar-refractivity contribution is 0.487. The summed E-state index contributed by atoms with van der Waals surface area (Å²) in [7, 11) is -0.0735. The van der Waals surface area contributed by atoms with Crippen LogP contribution in [0.2, 0.25) is 0 Å². The van der Waals surface area contributed by atoms with Gasteiger partial charge in [-0.2, -0.15) is 0 Å². The van der Waals surface area contributed by atoms with E-state index in [4.69, 9.17) is 0 Å². The number of aryl methyl sites for hydroxylation is 2. The smallest absolute Gasteiger partial charge is 0.00748 e. The van der Waals surface area contributed by atoms with Crippen LogP contribution in [0.1, 0.15) is 75.3 Å². The normalized spacial score (nSPS) is 19.5. The standard InChI is InChI=1S/C26H35P/c1-20-18-19-21(2)26(25(20)22-12-6-3-7-13-22)27(23-14-8-4-9-15-23)24-16-10-5-11-17-24/h3,6-7,12-13,18-19,23-24H,4-5,8-11,14-17H2,1-2H3. The van der Waals surface area contributed by atoms with Gasteiger partial charge in [-0.15, -0.1) is 0 Å². The minimum Gasteiger partial charge on any atom is -0.0680 e. The summed E-state index contributed by atoms with van der Waals surface area (Å²) in [4.78, 5) is 0. The molecule has 0 atom stereocenters. The van der Waals surface area contributed by atoms with Crippen LogP contribution in [0.25, 0.3) is 11.1 Å². The van der Waals surface area contributed by atoms with Gasteiger partial charge in [-0.25, -0.2) is 0 Å². The van der Waals surface area contributed by atoms with Crippen LogP contribution in [-0.4, -0.2) is 11.3 Å². The maximum absolute atomic E-state index is 2.41. The van der Waals surface area contributed by atoms with E-state index in [9.17, 15) is 0 Å². The van der Waals surface area contributed by atoms with Gasteiger partial charge in [0, 0.05) is 0 Å². The first-order valence-electron chi connectivity index (χ1n) is 11.2. The average molecular weight is 379 g/mol. The second-order valence-electron chi connectivity index (χ2n) is 8.78. The van der Waals surface area contributed by atoms with Crippen LogP contribution in [0.5, 0.6) is 0 Å². The fraction of sp³-hybridized carbons (Fsp3) is 0.538. The molecule has 0 N–H and O–H groups in total. The molecule has 0 spiro atoms. The average Bonchev–Trinajstić information content (AvgIpc) is 2.73. The molecule has 0 radical (unpaired) electrons. The molecule has 0 amide bonds. The van der Waals surface area contributed by atoms with Crippen molar-refractivity contribution in [2.24, 2.45) is 0 Å². The summed E-state index contributed by atoms with van der Waals surface area (Å²) in [6.45, 7) is 4.72. The summed E-state index contributed by atoms with van der Waals surface area (Å²) in [6.07, 6.45) is 14.7. The van der Waals surface area contributed by atoms with Crippen LogP contribution in [-0.2, 0) is 0 Å². The first-order valence-corrected chi connectivity index (χ1v) is 12.7. The Bertz CT molecular complexity index is 718. The van der Waals surface area contributed by atoms with Crippen LogP contribution in [0.4, 0.5) is 0 Å². The SMILES string of the molecule is Cc1ccc(C)c(P(C2CCCCC2)C2CCCCC2)c1-c1ccccc1. The molecule has 144 valence electrons. The molecule has 0 bridgehead atoms. The zero-order valence-electron chi connectivity index (χ0n) is 17.2. The van der Waals surface area contributed by atoms with Crippen LogP contribution < -0.4 is 5.30 Å². The zero-order chi connectivity index (χ0) is 18.6. The van der Waals surface area contributed by atoms with Crippen LogP contribution in [0, 0.1) is 13.8 Å². The van der Waals surface area contributed by atoms with Crippen LogP contribution in [0.15, 0.2) is 42.5 Å². The number of rotatable bonds is 4. The van der Waals surface area contributed by atoms with Gasteiger partial charge < -0.3 is 0 Å². The molecule has 2 fully saturated rings. The summed E-state index contributed by atoms with van der Waals surface area (Å²) in [5, 5.41) is 1.77. The highest BCUT2D eigenvalue weighted by Gasteiger charge is 2.34. The minimum absolute atomic E-state index is 0.0735. The van der Waals surface area contributed by atoms with Crippen LogP contribution >= 0.6 is 7.92 Å². The van der Waals surface area contributed by atoms with Crippen molar-refractivity contribution in [1.82, 2.24) is 0 Å². The van der Waals surface area contributed by atoms with E-state index in [2.05, 4.69) is 56.3 Å². The quantitative estimate of drug-likeness (QED) is 0.477. The summed E-state index contributed by atoms with van der Waals surface area (Å²) in [5.41, 5.74) is 7.97. The van der Waals surface area contributed by atoms with Crippen molar-refractivity contribution in [2.75, 3.05) is 0 Å². The summed E-state index contributed by atoms with van der Waals surface area (Å²) in [5.74, 6) is 0. The van der Waals surface area contributed by atoms with E-state index in [1.54, 1.807) is 16.4 Å². The van der Waals surface area contributed by atoms with Crippen molar-refractivity contribution in [3.8, 4) is 11.1 Å². The molecule has 2 aromatic rings. The fourth-order valence-corrected chi connectivity index (χ4v) is 9.69. The molecule has 0 nitrogen and oxygen atoms in total. The maximum Gasteiger partial charge on any atom is -0.00748 e. The monoisotopic (exact) mass is 378 g/mol. The molecule has 0 saturated heterocycles. The third-order valence-corrected chi connectivity index (χ3v) is 10.5. The van der Waals surface area contributed by atoms with E-state index in [-0.39, 0.29) is 7.92 Å². The Hall–Kier alpha value is -1.13. The van der Waals surface area contributed by atoms with Gasteiger partial charge in [0.1, 0.15) is 0 Å². The third kappa shape index (κ3) is 4.17. The molecule has 0 aromatic heterocycles. The number of hydrogen-bond acceptors (Lipinski definition) is 0. The largest absolute Gasteiger partial charge is 0.0680 e. The Morgan fingerprint density at radius 3 is 1.70 bits per heavy atom.